The van der Waals surface area contributed by atoms with Crippen LogP contribution in [0.15, 0.2) is 30.7 Å². The molecule has 1 N–H and O–H groups in total. The summed E-state index contributed by atoms with van der Waals surface area (Å²) in [5.74, 6) is -0.699. The van der Waals surface area contributed by atoms with Gasteiger partial charge in [0.25, 0.3) is 0 Å². The van der Waals surface area contributed by atoms with Crippen LogP contribution in [0, 0.1) is 23.0 Å². The summed E-state index contributed by atoms with van der Waals surface area (Å²) in [5.41, 5.74) is 0.902. The Morgan fingerprint density at radius 2 is 2.19 bits per heavy atom. The Kier molecular flexibility index (Phi) is 3.92. The standard InChI is InChI=1S/C18H16F2N6/c1-25(16-7-11(19)6-15(20)14(16)8-21)12-3-5-26(9-12)18-13-2-4-22-17(13)23-10-24-18/h2,4,6-7,10,12H,3,5,9H2,1H3,(H,22,23,24)/t12-/m1/s1. The van der Waals surface area contributed by atoms with Crippen molar-refractivity contribution >= 4 is 22.5 Å². The zero-order valence-corrected chi connectivity index (χ0v) is 14.1. The van der Waals surface area contributed by atoms with E-state index in [0.717, 1.165) is 35.9 Å². The van der Waals surface area contributed by atoms with E-state index in [9.17, 15) is 14.0 Å². The van der Waals surface area contributed by atoms with Crippen LogP contribution in [0.2, 0.25) is 0 Å². The SMILES string of the molecule is CN(c1cc(F)cc(F)c1C#N)[C@@H]1CCN(c2ncnc3[nH]ccc23)C1. The average Bonchev–Trinajstić information content (AvgIpc) is 3.29. The van der Waals surface area contributed by atoms with Gasteiger partial charge in [0, 0.05) is 38.4 Å². The largest absolute Gasteiger partial charge is 0.369 e. The summed E-state index contributed by atoms with van der Waals surface area (Å²) in [6.45, 7) is 1.39. The van der Waals surface area contributed by atoms with Gasteiger partial charge in [0.2, 0.25) is 0 Å². The van der Waals surface area contributed by atoms with Crippen LogP contribution in [0.1, 0.15) is 12.0 Å². The van der Waals surface area contributed by atoms with E-state index in [4.69, 9.17) is 0 Å². The molecule has 8 heteroatoms. The maximum atomic E-state index is 13.9. The maximum absolute atomic E-state index is 13.9. The molecule has 0 amide bonds. The van der Waals surface area contributed by atoms with Crippen LogP contribution in [0.3, 0.4) is 0 Å². The van der Waals surface area contributed by atoms with Crippen LogP contribution >= 0.6 is 0 Å². The number of aromatic nitrogens is 3. The molecule has 0 aliphatic carbocycles. The van der Waals surface area contributed by atoms with Gasteiger partial charge in [-0.1, -0.05) is 0 Å². The Bertz CT molecular complexity index is 1010. The van der Waals surface area contributed by atoms with Gasteiger partial charge in [-0.2, -0.15) is 5.26 Å². The third-order valence-electron chi connectivity index (χ3n) is 4.87. The van der Waals surface area contributed by atoms with Crippen molar-refractivity contribution in [3.8, 4) is 6.07 Å². The summed E-state index contributed by atoms with van der Waals surface area (Å²) in [5, 5.41) is 10.2. The van der Waals surface area contributed by atoms with Crippen molar-refractivity contribution in [3.05, 3.63) is 47.9 Å². The van der Waals surface area contributed by atoms with Crippen molar-refractivity contribution in [2.45, 2.75) is 12.5 Å². The van der Waals surface area contributed by atoms with Gasteiger partial charge in [-0.3, -0.25) is 0 Å². The first kappa shape index (κ1) is 16.3. The fraction of sp³-hybridized carbons (Fsp3) is 0.278. The lowest BCUT2D eigenvalue weighted by Crippen LogP contribution is -2.35. The highest BCUT2D eigenvalue weighted by Crippen LogP contribution is 2.31. The molecule has 1 fully saturated rings. The van der Waals surface area contributed by atoms with Gasteiger partial charge >= 0.3 is 0 Å². The third kappa shape index (κ3) is 2.62. The summed E-state index contributed by atoms with van der Waals surface area (Å²) < 4.78 is 27.6. The number of hydrogen-bond acceptors (Lipinski definition) is 5. The molecule has 1 aliphatic heterocycles. The number of nitrogens with one attached hydrogen (secondary N) is 1. The highest BCUT2D eigenvalue weighted by Gasteiger charge is 2.29. The molecule has 6 nitrogen and oxygen atoms in total. The highest BCUT2D eigenvalue weighted by molar-refractivity contribution is 5.87. The second kappa shape index (κ2) is 6.26. The van der Waals surface area contributed by atoms with Gasteiger partial charge in [-0.05, 0) is 18.6 Å². The van der Waals surface area contributed by atoms with E-state index in [0.29, 0.717) is 6.54 Å². The molecule has 26 heavy (non-hydrogen) atoms. The first-order valence-electron chi connectivity index (χ1n) is 8.23. The monoisotopic (exact) mass is 354 g/mol. The van der Waals surface area contributed by atoms with Crippen LogP contribution in [0.5, 0.6) is 0 Å². The molecular weight excluding hydrogens is 338 g/mol. The van der Waals surface area contributed by atoms with Gasteiger partial charge < -0.3 is 14.8 Å². The molecule has 3 heterocycles. The van der Waals surface area contributed by atoms with Crippen molar-refractivity contribution < 1.29 is 8.78 Å². The minimum Gasteiger partial charge on any atom is -0.369 e. The van der Waals surface area contributed by atoms with E-state index >= 15 is 0 Å². The van der Waals surface area contributed by atoms with Crippen molar-refractivity contribution in [1.29, 1.82) is 5.26 Å². The van der Waals surface area contributed by atoms with E-state index in [1.165, 1.54) is 12.4 Å². The average molecular weight is 354 g/mol. The summed E-state index contributed by atoms with van der Waals surface area (Å²) >= 11 is 0. The number of rotatable bonds is 3. The summed E-state index contributed by atoms with van der Waals surface area (Å²) in [6.07, 6.45) is 4.12. The topological polar surface area (TPSA) is 71.8 Å². The molecule has 1 atom stereocenters. The predicted octanol–water partition coefficient (Wildman–Crippen LogP) is 2.82. The molecule has 0 unspecified atom stereocenters. The zero-order chi connectivity index (χ0) is 18.3. The van der Waals surface area contributed by atoms with Gasteiger partial charge in [0.05, 0.1) is 11.1 Å². The van der Waals surface area contributed by atoms with Crippen LogP contribution in [0.25, 0.3) is 11.0 Å². The highest BCUT2D eigenvalue weighted by atomic mass is 19.1. The number of fused-ring (bicyclic) bond motifs is 1. The number of aromatic amines is 1. The van der Waals surface area contributed by atoms with E-state index in [1.54, 1.807) is 11.9 Å². The molecule has 0 spiro atoms. The van der Waals surface area contributed by atoms with Crippen molar-refractivity contribution in [2.75, 3.05) is 29.9 Å². The Hall–Kier alpha value is -3.21. The molecule has 2 aromatic heterocycles. The summed E-state index contributed by atoms with van der Waals surface area (Å²) in [6, 6.07) is 5.72. The minimum absolute atomic E-state index is 0.00672. The minimum atomic E-state index is -0.839. The van der Waals surface area contributed by atoms with E-state index in [-0.39, 0.29) is 17.3 Å². The van der Waals surface area contributed by atoms with Crippen LogP contribution in [-0.4, -0.2) is 41.1 Å². The first-order chi connectivity index (χ1) is 12.6. The lowest BCUT2D eigenvalue weighted by molar-refractivity contribution is 0.577. The number of hydrogen-bond donors (Lipinski definition) is 1. The number of benzene rings is 1. The normalized spacial score (nSPS) is 16.8. The molecule has 1 aromatic carbocycles. The maximum Gasteiger partial charge on any atom is 0.145 e. The van der Waals surface area contributed by atoms with Crippen molar-refractivity contribution in [1.82, 2.24) is 15.0 Å². The molecule has 4 rings (SSSR count). The smallest absolute Gasteiger partial charge is 0.145 e. The van der Waals surface area contributed by atoms with Gasteiger partial charge in [-0.15, -0.1) is 0 Å². The molecule has 0 saturated carbocycles. The molecule has 0 radical (unpaired) electrons. The molecule has 132 valence electrons. The van der Waals surface area contributed by atoms with Gasteiger partial charge in [0.15, 0.2) is 0 Å². The predicted molar refractivity (Wildman–Crippen MR) is 94.0 cm³/mol. The second-order valence-electron chi connectivity index (χ2n) is 6.33. The Balaban J connectivity index is 1.62. The van der Waals surface area contributed by atoms with E-state index < -0.39 is 11.6 Å². The molecule has 3 aromatic rings. The van der Waals surface area contributed by atoms with Gasteiger partial charge in [0.1, 0.15) is 41.1 Å². The number of anilines is 2. The van der Waals surface area contributed by atoms with Crippen LogP contribution in [0.4, 0.5) is 20.3 Å². The van der Waals surface area contributed by atoms with E-state index in [2.05, 4.69) is 19.9 Å². The lowest BCUT2D eigenvalue weighted by Gasteiger charge is -2.28. The molecular formula is C18H16F2N6. The summed E-state index contributed by atoms with van der Waals surface area (Å²) in [7, 11) is 1.76. The van der Waals surface area contributed by atoms with E-state index in [1.807, 2.05) is 18.3 Å². The van der Waals surface area contributed by atoms with Crippen molar-refractivity contribution in [2.24, 2.45) is 0 Å². The number of likely N-dealkylation sites (N-methyl/N-ethyl adjacent to an activating group) is 1. The first-order valence-corrected chi connectivity index (χ1v) is 8.23. The Morgan fingerprint density at radius 3 is 3.00 bits per heavy atom. The molecule has 1 aliphatic rings. The zero-order valence-electron chi connectivity index (χ0n) is 14.1. The second-order valence-corrected chi connectivity index (χ2v) is 6.33. The Labute approximate surface area is 148 Å². The fourth-order valence-electron chi connectivity index (χ4n) is 3.51. The number of H-pyrrole nitrogens is 1. The number of nitrogens with zero attached hydrogens (tertiary/aromatic N) is 5. The van der Waals surface area contributed by atoms with Crippen molar-refractivity contribution in [3.63, 3.8) is 0 Å². The van der Waals surface area contributed by atoms with Crippen LogP contribution < -0.4 is 9.80 Å². The fourth-order valence-corrected chi connectivity index (χ4v) is 3.51. The quantitative estimate of drug-likeness (QED) is 0.783. The Morgan fingerprint density at radius 1 is 1.35 bits per heavy atom. The number of halogens is 2. The summed E-state index contributed by atoms with van der Waals surface area (Å²) in [4.78, 5) is 15.6. The lowest BCUT2D eigenvalue weighted by atomic mass is 10.1. The van der Waals surface area contributed by atoms with Gasteiger partial charge in [-0.25, -0.2) is 18.7 Å². The van der Waals surface area contributed by atoms with Crippen LogP contribution in [-0.2, 0) is 0 Å². The molecule has 1 saturated heterocycles. The number of nitriles is 1. The molecule has 0 bridgehead atoms. The third-order valence-corrected chi connectivity index (χ3v) is 4.87.